The predicted molar refractivity (Wildman–Crippen MR) is 97.4 cm³/mol. The maximum Gasteiger partial charge on any atom is 0.125 e. The van der Waals surface area contributed by atoms with Crippen molar-refractivity contribution >= 4 is 18.4 Å². The van der Waals surface area contributed by atoms with E-state index in [0.717, 1.165) is 12.1 Å². The van der Waals surface area contributed by atoms with Gasteiger partial charge in [0.2, 0.25) is 0 Å². The molecule has 108 valence electrons. The summed E-state index contributed by atoms with van der Waals surface area (Å²) in [5, 5.41) is 2.94. The predicted octanol–water partition coefficient (Wildman–Crippen LogP) is 4.24. The molecule has 0 nitrogen and oxygen atoms in total. The van der Waals surface area contributed by atoms with Crippen molar-refractivity contribution in [3.8, 4) is 0 Å². The van der Waals surface area contributed by atoms with Crippen molar-refractivity contribution in [1.82, 2.24) is 0 Å². The Morgan fingerprint density at radius 2 is 1.05 bits per heavy atom. The monoisotopic (exact) mass is 292 g/mol. The van der Waals surface area contributed by atoms with E-state index in [1.807, 2.05) is 0 Å². The van der Waals surface area contributed by atoms with Gasteiger partial charge in [0.1, 0.15) is 8.07 Å². The van der Waals surface area contributed by atoms with Crippen molar-refractivity contribution in [2.24, 2.45) is 0 Å². The molecular formula is C20H24Si. The molecule has 0 aliphatic heterocycles. The van der Waals surface area contributed by atoms with Crippen molar-refractivity contribution in [2.45, 2.75) is 25.9 Å². The third-order valence-corrected chi connectivity index (χ3v) is 9.04. The minimum Gasteiger partial charge on any atom is -0.103 e. The smallest absolute Gasteiger partial charge is 0.103 e. The van der Waals surface area contributed by atoms with Crippen LogP contribution in [0.25, 0.3) is 0 Å². The fourth-order valence-corrected chi connectivity index (χ4v) is 7.00. The van der Waals surface area contributed by atoms with Gasteiger partial charge in [-0.1, -0.05) is 82.2 Å². The zero-order valence-electron chi connectivity index (χ0n) is 13.1. The molecule has 0 bridgehead atoms. The highest BCUT2D eigenvalue weighted by molar-refractivity contribution is 7.02. The van der Waals surface area contributed by atoms with Crippen LogP contribution >= 0.6 is 0 Å². The maximum atomic E-state index is 4.01. The Morgan fingerprint density at radius 3 is 1.33 bits per heavy atom. The summed E-state index contributed by atoms with van der Waals surface area (Å²) in [5.41, 5.74) is 2.62. The van der Waals surface area contributed by atoms with Gasteiger partial charge < -0.3 is 0 Å². The third-order valence-electron chi connectivity index (χ3n) is 4.19. The molecule has 0 aliphatic rings. The number of allylic oxidation sites excluding steroid dienone is 2. The molecule has 2 aromatic carbocycles. The Hall–Kier alpha value is -1.86. The fraction of sp³-hybridized carbons (Fsp3) is 0.200. The second kappa shape index (κ2) is 6.73. The number of rotatable bonds is 6. The molecule has 21 heavy (non-hydrogen) atoms. The van der Waals surface area contributed by atoms with Gasteiger partial charge in [0.15, 0.2) is 0 Å². The number of hydrogen-bond acceptors (Lipinski definition) is 0. The lowest BCUT2D eigenvalue weighted by atomic mass is 10.2. The highest BCUT2D eigenvalue weighted by Gasteiger charge is 2.34. The molecule has 1 heteroatoms. The summed E-state index contributed by atoms with van der Waals surface area (Å²) in [7, 11) is -1.83. The average Bonchev–Trinajstić information content (AvgIpc) is 2.48. The molecule has 0 spiro atoms. The van der Waals surface area contributed by atoms with Gasteiger partial charge in [-0.3, -0.25) is 0 Å². The molecule has 0 aliphatic carbocycles. The fourth-order valence-electron chi connectivity index (χ4n) is 2.96. The van der Waals surface area contributed by atoms with Gasteiger partial charge in [-0.25, -0.2) is 0 Å². The molecule has 0 saturated carbocycles. The first kappa shape index (κ1) is 15.5. The Labute approximate surface area is 129 Å². The van der Waals surface area contributed by atoms with Crippen LogP contribution in [0.2, 0.25) is 12.1 Å². The second-order valence-electron chi connectivity index (χ2n) is 5.80. The van der Waals surface area contributed by atoms with Crippen LogP contribution in [0.1, 0.15) is 11.1 Å². The van der Waals surface area contributed by atoms with Gasteiger partial charge in [-0.15, -0.1) is 13.2 Å². The highest BCUT2D eigenvalue weighted by Crippen LogP contribution is 2.18. The number of benzene rings is 2. The summed E-state index contributed by atoms with van der Waals surface area (Å²) < 4.78 is 0. The maximum absolute atomic E-state index is 4.01. The summed E-state index contributed by atoms with van der Waals surface area (Å²) >= 11 is 0. The van der Waals surface area contributed by atoms with Crippen molar-refractivity contribution in [3.05, 3.63) is 85.0 Å². The first-order valence-electron chi connectivity index (χ1n) is 7.48. The van der Waals surface area contributed by atoms with E-state index in [1.54, 1.807) is 0 Å². The van der Waals surface area contributed by atoms with Crippen LogP contribution in [-0.2, 0) is 0 Å². The van der Waals surface area contributed by atoms with E-state index in [4.69, 9.17) is 0 Å². The molecule has 2 rings (SSSR count). The quantitative estimate of drug-likeness (QED) is 0.552. The van der Waals surface area contributed by atoms with Crippen LogP contribution in [-0.4, -0.2) is 8.07 Å². The lowest BCUT2D eigenvalue weighted by Gasteiger charge is -2.31. The summed E-state index contributed by atoms with van der Waals surface area (Å²) in [4.78, 5) is 0. The van der Waals surface area contributed by atoms with Gasteiger partial charge >= 0.3 is 0 Å². The average molecular weight is 292 g/mol. The van der Waals surface area contributed by atoms with Crippen molar-refractivity contribution < 1.29 is 0 Å². The van der Waals surface area contributed by atoms with E-state index in [1.165, 1.54) is 21.5 Å². The van der Waals surface area contributed by atoms with Gasteiger partial charge in [-0.05, 0) is 25.9 Å². The largest absolute Gasteiger partial charge is 0.125 e. The van der Waals surface area contributed by atoms with Crippen LogP contribution in [0.5, 0.6) is 0 Å². The molecule has 0 fully saturated rings. The molecule has 0 atom stereocenters. The van der Waals surface area contributed by atoms with Gasteiger partial charge in [0, 0.05) is 0 Å². The Balaban J connectivity index is 2.61. The summed E-state index contributed by atoms with van der Waals surface area (Å²) in [5.74, 6) is 0. The highest BCUT2D eigenvalue weighted by atomic mass is 28.3. The zero-order valence-corrected chi connectivity index (χ0v) is 14.1. The molecule has 0 radical (unpaired) electrons. The molecule has 0 amide bonds. The van der Waals surface area contributed by atoms with Gasteiger partial charge in [-0.2, -0.15) is 0 Å². The first-order valence-corrected chi connectivity index (χ1v) is 9.90. The van der Waals surface area contributed by atoms with Crippen molar-refractivity contribution in [1.29, 1.82) is 0 Å². The van der Waals surface area contributed by atoms with E-state index in [0.29, 0.717) is 0 Å². The van der Waals surface area contributed by atoms with Crippen LogP contribution in [0.15, 0.2) is 73.8 Å². The zero-order chi connectivity index (χ0) is 15.3. The minimum absolute atomic E-state index is 1.05. The second-order valence-corrected chi connectivity index (χ2v) is 9.94. The standard InChI is InChI=1S/C20H24Si/c1-5-15-21(16-6-2,19-11-7-17(3)8-12-19)20-13-9-18(4)10-14-20/h5-14H,1-2,15-16H2,3-4H3. The Morgan fingerprint density at radius 1 is 0.714 bits per heavy atom. The molecule has 0 N–H and O–H groups in total. The molecular weight excluding hydrogens is 268 g/mol. The molecule has 0 heterocycles. The molecule has 0 unspecified atom stereocenters. The van der Waals surface area contributed by atoms with Gasteiger partial charge in [0.25, 0.3) is 0 Å². The summed E-state index contributed by atoms with van der Waals surface area (Å²) in [6, 6.07) is 20.2. The first-order chi connectivity index (χ1) is 10.1. The molecule has 0 aromatic heterocycles. The van der Waals surface area contributed by atoms with E-state index in [-0.39, 0.29) is 0 Å². The summed E-state index contributed by atoms with van der Waals surface area (Å²) in [6.07, 6.45) is 4.16. The normalized spacial score (nSPS) is 11.1. The number of hydrogen-bond donors (Lipinski definition) is 0. The van der Waals surface area contributed by atoms with E-state index < -0.39 is 8.07 Å². The SMILES string of the molecule is C=CC[Si](CC=C)(c1ccc(C)cc1)c1ccc(C)cc1. The molecule has 0 saturated heterocycles. The number of aryl methyl sites for hydroxylation is 2. The van der Waals surface area contributed by atoms with E-state index in [9.17, 15) is 0 Å². The Bertz CT molecular complexity index is 548. The van der Waals surface area contributed by atoms with Crippen LogP contribution in [0, 0.1) is 13.8 Å². The van der Waals surface area contributed by atoms with Gasteiger partial charge in [0.05, 0.1) is 0 Å². The van der Waals surface area contributed by atoms with Crippen molar-refractivity contribution in [2.75, 3.05) is 0 Å². The van der Waals surface area contributed by atoms with Crippen molar-refractivity contribution in [3.63, 3.8) is 0 Å². The lowest BCUT2D eigenvalue weighted by Crippen LogP contribution is -2.57. The van der Waals surface area contributed by atoms with E-state index in [2.05, 4.69) is 87.7 Å². The summed E-state index contributed by atoms with van der Waals surface area (Å²) in [6.45, 7) is 12.3. The Kier molecular flexibility index (Phi) is 4.97. The van der Waals surface area contributed by atoms with Crippen LogP contribution < -0.4 is 10.4 Å². The minimum atomic E-state index is -1.83. The van der Waals surface area contributed by atoms with E-state index >= 15 is 0 Å². The topological polar surface area (TPSA) is 0 Å². The lowest BCUT2D eigenvalue weighted by molar-refractivity contribution is 1.43. The van der Waals surface area contributed by atoms with Crippen LogP contribution in [0.3, 0.4) is 0 Å². The third kappa shape index (κ3) is 3.25. The van der Waals surface area contributed by atoms with Crippen LogP contribution in [0.4, 0.5) is 0 Å². The molecule has 2 aromatic rings.